The Morgan fingerprint density at radius 2 is 0.988 bits per heavy atom. The molecule has 10 rings (SSSR count). The van der Waals surface area contributed by atoms with Gasteiger partial charge in [-0.05, 0) is 152 Å². The molecule has 0 spiro atoms. The van der Waals surface area contributed by atoms with Crippen LogP contribution < -0.4 is 14.5 Å². The Labute approximate surface area is 487 Å². The third kappa shape index (κ3) is 18.6. The fourth-order valence-electron chi connectivity index (χ4n) is 9.60. The average Bonchev–Trinajstić information content (AvgIpc) is 4.11. The number of hydrogen-bond donors (Lipinski definition) is 2. The van der Waals surface area contributed by atoms with Gasteiger partial charge in [-0.3, -0.25) is 9.80 Å². The Kier molecular flexibility index (Phi) is 21.2. The lowest BCUT2D eigenvalue weighted by molar-refractivity contribution is -0.0725. The SMILES string of the molecule is CC(C)(C)OC(=O)N1CCN(CCCOC2CC(O)C2)CC1.CN(C)c1ccc(-c2nc3ccc(O)cc3s2)cc1.CN(C)c1ccc(-c2nc3ccc(OC4CC(OCCCN5CCN(C(=O)OC(C)(C)C)CC5)C4)cc3s2)cc1. The molecule has 6 aromatic rings. The topological polar surface area (TPSA) is 166 Å². The number of benzene rings is 4. The van der Waals surface area contributed by atoms with Crippen molar-refractivity contribution >= 4 is 66.7 Å². The number of aromatic hydroxyl groups is 1. The number of aliphatic hydroxyl groups is 1. The molecular formula is C62H86N8O9S2. The first-order valence-corrected chi connectivity index (χ1v) is 30.3. The Morgan fingerprint density at radius 3 is 1.41 bits per heavy atom. The Balaban J connectivity index is 0.000000176. The number of aliphatic hydroxyl groups excluding tert-OH is 1. The van der Waals surface area contributed by atoms with Crippen LogP contribution in [-0.2, 0) is 18.9 Å². The van der Waals surface area contributed by atoms with Crippen LogP contribution in [0.5, 0.6) is 11.5 Å². The summed E-state index contributed by atoms with van der Waals surface area (Å²) < 4.78 is 31.1. The highest BCUT2D eigenvalue weighted by Gasteiger charge is 2.33. The van der Waals surface area contributed by atoms with Gasteiger partial charge in [-0.2, -0.15) is 0 Å². The van der Waals surface area contributed by atoms with Gasteiger partial charge in [0.15, 0.2) is 0 Å². The van der Waals surface area contributed by atoms with E-state index in [0.29, 0.717) is 0 Å². The van der Waals surface area contributed by atoms with Crippen LogP contribution in [-0.4, -0.2) is 194 Å². The molecule has 4 heterocycles. The number of hydrogen-bond acceptors (Lipinski definition) is 17. The lowest BCUT2D eigenvalue weighted by Crippen LogP contribution is -2.50. The summed E-state index contributed by atoms with van der Waals surface area (Å²) in [6.07, 6.45) is 5.60. The van der Waals surface area contributed by atoms with Crippen molar-refractivity contribution in [1.82, 2.24) is 29.6 Å². The monoisotopic (exact) mass is 1150 g/mol. The summed E-state index contributed by atoms with van der Waals surface area (Å²) in [5.74, 6) is 1.19. The molecule has 4 aliphatic rings. The number of ether oxygens (including phenoxy) is 5. The van der Waals surface area contributed by atoms with Crippen molar-refractivity contribution in [3.05, 3.63) is 84.9 Å². The fraction of sp³-hybridized carbons (Fsp3) is 0.548. The van der Waals surface area contributed by atoms with Gasteiger partial charge in [0.1, 0.15) is 38.8 Å². The molecule has 2 amide bonds. The van der Waals surface area contributed by atoms with E-state index < -0.39 is 11.2 Å². The minimum atomic E-state index is -0.448. The first-order valence-electron chi connectivity index (χ1n) is 28.6. The molecule has 440 valence electrons. The molecule has 0 bridgehead atoms. The van der Waals surface area contributed by atoms with Gasteiger partial charge < -0.3 is 53.5 Å². The number of aromatic nitrogens is 2. The maximum atomic E-state index is 12.2. The van der Waals surface area contributed by atoms with Gasteiger partial charge in [0.2, 0.25) is 0 Å². The van der Waals surface area contributed by atoms with Crippen LogP contribution in [0.25, 0.3) is 41.6 Å². The summed E-state index contributed by atoms with van der Waals surface area (Å²) in [6, 6.07) is 28.3. The smallest absolute Gasteiger partial charge is 0.410 e. The number of piperazine rings is 2. The van der Waals surface area contributed by atoms with Crippen LogP contribution in [0.3, 0.4) is 0 Å². The molecule has 19 heteroatoms. The Hall–Kier alpha value is -5.80. The largest absolute Gasteiger partial charge is 0.508 e. The van der Waals surface area contributed by atoms with Gasteiger partial charge in [-0.25, -0.2) is 19.6 Å². The van der Waals surface area contributed by atoms with Crippen molar-refractivity contribution in [2.24, 2.45) is 0 Å². The van der Waals surface area contributed by atoms with E-state index in [0.717, 1.165) is 165 Å². The van der Waals surface area contributed by atoms with Gasteiger partial charge in [0.25, 0.3) is 0 Å². The van der Waals surface area contributed by atoms with Crippen LogP contribution in [0.2, 0.25) is 0 Å². The first kappa shape index (κ1) is 61.3. The van der Waals surface area contributed by atoms with E-state index in [1.807, 2.05) is 86.8 Å². The number of phenolic OH excluding ortho intramolecular Hbond substituents is 1. The van der Waals surface area contributed by atoms with E-state index in [1.54, 1.807) is 39.7 Å². The van der Waals surface area contributed by atoms with E-state index in [9.17, 15) is 19.8 Å². The van der Waals surface area contributed by atoms with Crippen molar-refractivity contribution in [2.45, 2.75) is 116 Å². The summed E-state index contributed by atoms with van der Waals surface area (Å²) in [5, 5.41) is 20.7. The number of anilines is 2. The van der Waals surface area contributed by atoms with Crippen LogP contribution in [0.1, 0.15) is 80.1 Å². The number of nitrogens with zero attached hydrogens (tertiary/aromatic N) is 8. The predicted molar refractivity (Wildman–Crippen MR) is 327 cm³/mol. The third-order valence-electron chi connectivity index (χ3n) is 14.4. The molecule has 17 nitrogen and oxygen atoms in total. The number of fused-ring (bicyclic) bond motifs is 2. The molecule has 2 saturated carbocycles. The number of amides is 2. The second kappa shape index (κ2) is 28.0. The second-order valence-electron chi connectivity index (χ2n) is 23.8. The minimum absolute atomic E-state index is 0.147. The quantitative estimate of drug-likeness (QED) is 0.0879. The van der Waals surface area contributed by atoms with Crippen LogP contribution >= 0.6 is 22.7 Å². The molecule has 2 N–H and O–H groups in total. The van der Waals surface area contributed by atoms with Crippen LogP contribution in [0.4, 0.5) is 21.0 Å². The molecule has 81 heavy (non-hydrogen) atoms. The molecule has 2 aliphatic heterocycles. The predicted octanol–water partition coefficient (Wildman–Crippen LogP) is 11.1. The number of carbonyl (C=O) groups excluding carboxylic acids is 2. The molecule has 2 aliphatic carbocycles. The summed E-state index contributed by atoms with van der Waals surface area (Å²) in [7, 11) is 8.14. The molecule has 2 aromatic heterocycles. The van der Waals surface area contributed by atoms with Crippen LogP contribution in [0, 0.1) is 0 Å². The van der Waals surface area contributed by atoms with E-state index in [1.165, 1.54) is 11.4 Å². The van der Waals surface area contributed by atoms with E-state index in [4.69, 9.17) is 28.7 Å². The zero-order valence-electron chi connectivity index (χ0n) is 49.3. The number of thiazole rings is 2. The summed E-state index contributed by atoms with van der Waals surface area (Å²) in [4.78, 5) is 46.1. The molecule has 0 atom stereocenters. The summed E-state index contributed by atoms with van der Waals surface area (Å²) in [5.41, 5.74) is 5.64. The van der Waals surface area contributed by atoms with Crippen molar-refractivity contribution in [3.8, 4) is 32.6 Å². The molecule has 0 unspecified atom stereocenters. The molecule has 0 radical (unpaired) electrons. The van der Waals surface area contributed by atoms with E-state index in [2.05, 4.69) is 85.2 Å². The van der Waals surface area contributed by atoms with Crippen molar-refractivity contribution < 1.29 is 43.5 Å². The van der Waals surface area contributed by atoms with Crippen molar-refractivity contribution in [1.29, 1.82) is 0 Å². The van der Waals surface area contributed by atoms with Crippen LogP contribution in [0.15, 0.2) is 84.9 Å². The summed E-state index contributed by atoms with van der Waals surface area (Å²) >= 11 is 3.30. The molecule has 2 saturated heterocycles. The number of rotatable bonds is 16. The van der Waals surface area contributed by atoms with Gasteiger partial charge in [-0.15, -0.1) is 22.7 Å². The molecule has 4 fully saturated rings. The van der Waals surface area contributed by atoms with Gasteiger partial charge in [-0.1, -0.05) is 0 Å². The van der Waals surface area contributed by atoms with E-state index in [-0.39, 0.29) is 42.4 Å². The molecular weight excluding hydrogens is 1060 g/mol. The zero-order chi connectivity index (χ0) is 57.8. The second-order valence-corrected chi connectivity index (χ2v) is 25.9. The highest BCUT2D eigenvalue weighted by molar-refractivity contribution is 7.22. The molecule has 4 aromatic carbocycles. The Morgan fingerprint density at radius 1 is 0.568 bits per heavy atom. The summed E-state index contributed by atoms with van der Waals surface area (Å²) in [6.45, 7) is 21.3. The fourth-order valence-corrected chi connectivity index (χ4v) is 11.6. The lowest BCUT2D eigenvalue weighted by Gasteiger charge is -2.36. The van der Waals surface area contributed by atoms with E-state index >= 15 is 0 Å². The van der Waals surface area contributed by atoms with Gasteiger partial charge in [0.05, 0.1) is 38.7 Å². The number of carbonyl (C=O) groups is 2. The lowest BCUT2D eigenvalue weighted by atomic mass is 9.92. The average molecular weight is 1150 g/mol. The number of phenols is 1. The Bertz CT molecular complexity index is 2930. The maximum Gasteiger partial charge on any atom is 0.410 e. The first-order chi connectivity index (χ1) is 38.6. The van der Waals surface area contributed by atoms with Crippen molar-refractivity contribution in [2.75, 3.05) is 117 Å². The zero-order valence-corrected chi connectivity index (χ0v) is 50.9. The minimum Gasteiger partial charge on any atom is -0.508 e. The normalized spacial score (nSPS) is 19.6. The third-order valence-corrected chi connectivity index (χ3v) is 16.5. The maximum absolute atomic E-state index is 12.2. The van der Waals surface area contributed by atoms with Gasteiger partial charge >= 0.3 is 12.2 Å². The highest BCUT2D eigenvalue weighted by Crippen LogP contribution is 2.36. The van der Waals surface area contributed by atoms with Gasteiger partial charge in [0, 0.05) is 142 Å². The standard InChI is InChI=1S/C31H42N4O4S.C16H30N2O4.C15H14N2OS/c1-31(2,3)39-30(36)35-16-14-34(15-17-35)13-6-18-37-25-19-26(20-25)38-24-11-12-27-28(21-24)40-29(32-27)22-7-9-23(10-8-22)33(4)5;1-16(2,3)22-15(20)18-8-6-17(7-9-18)5-4-10-21-14-11-13(19)12-14;1-17(2)11-5-3-10(4-6-11)15-16-13-8-7-12(18)9-14(13)19-15/h7-12,21,25-26H,6,13-20H2,1-5H3;13-14,19H,4-12H2,1-3H3;3-9,18H,1-2H3. The highest BCUT2D eigenvalue weighted by atomic mass is 32.1. The van der Waals surface area contributed by atoms with Crippen molar-refractivity contribution in [3.63, 3.8) is 0 Å².